The zero-order valence-corrected chi connectivity index (χ0v) is 16.0. The van der Waals surface area contributed by atoms with Crippen LogP contribution in [-0.4, -0.2) is 58.5 Å². The molecule has 8 nitrogen and oxygen atoms in total. The molecule has 0 saturated heterocycles. The van der Waals surface area contributed by atoms with Gasteiger partial charge < -0.3 is 15.4 Å². The van der Waals surface area contributed by atoms with Gasteiger partial charge in [0.1, 0.15) is 0 Å². The Bertz CT molecular complexity index is 706. The highest BCUT2D eigenvalue weighted by molar-refractivity contribution is 9.10. The van der Waals surface area contributed by atoms with E-state index >= 15 is 0 Å². The lowest BCUT2D eigenvalue weighted by atomic mass is 10.2. The fourth-order valence-corrected chi connectivity index (χ4v) is 3.51. The second-order valence-corrected chi connectivity index (χ2v) is 7.81. The van der Waals surface area contributed by atoms with Crippen molar-refractivity contribution in [3.8, 4) is 0 Å². The van der Waals surface area contributed by atoms with Crippen molar-refractivity contribution in [2.45, 2.75) is 11.8 Å². The first-order chi connectivity index (χ1) is 11.2. The largest absolute Gasteiger partial charge is 0.450 e. The molecule has 1 aromatic rings. The number of amides is 2. The third-order valence-electron chi connectivity index (χ3n) is 2.91. The van der Waals surface area contributed by atoms with E-state index in [1.54, 1.807) is 6.92 Å². The summed E-state index contributed by atoms with van der Waals surface area (Å²) in [6.07, 6.45) is -0.560. The molecular weight excluding hydrogens is 402 g/mol. The van der Waals surface area contributed by atoms with Crippen molar-refractivity contribution in [2.24, 2.45) is 0 Å². The highest BCUT2D eigenvalue weighted by atomic mass is 79.9. The second kappa shape index (κ2) is 9.00. The van der Waals surface area contributed by atoms with E-state index in [0.29, 0.717) is 4.47 Å². The second-order valence-electron chi connectivity index (χ2n) is 4.84. The van der Waals surface area contributed by atoms with Crippen molar-refractivity contribution in [3.05, 3.63) is 28.2 Å². The summed E-state index contributed by atoms with van der Waals surface area (Å²) in [5, 5.41) is 5.05. The number of carbonyl (C=O) groups is 2. The van der Waals surface area contributed by atoms with Gasteiger partial charge in [0.05, 0.1) is 11.5 Å². The fraction of sp³-hybridized carbons (Fsp3) is 0.429. The van der Waals surface area contributed by atoms with Gasteiger partial charge in [-0.15, -0.1) is 0 Å². The molecule has 0 unspecified atom stereocenters. The van der Waals surface area contributed by atoms with Crippen LogP contribution in [0.15, 0.2) is 27.6 Å². The number of sulfonamides is 1. The van der Waals surface area contributed by atoms with Gasteiger partial charge in [-0.05, 0) is 41.1 Å². The number of ether oxygens (including phenoxy) is 1. The Morgan fingerprint density at radius 2 is 1.83 bits per heavy atom. The molecular formula is C14H20BrN3O5S. The molecule has 2 amide bonds. The van der Waals surface area contributed by atoms with Crippen molar-refractivity contribution >= 4 is 38.0 Å². The number of nitrogens with zero attached hydrogens (tertiary/aromatic N) is 1. The van der Waals surface area contributed by atoms with Crippen LogP contribution in [0, 0.1) is 0 Å². The summed E-state index contributed by atoms with van der Waals surface area (Å²) in [6.45, 7) is 2.34. The summed E-state index contributed by atoms with van der Waals surface area (Å²) >= 11 is 3.18. The van der Waals surface area contributed by atoms with Gasteiger partial charge >= 0.3 is 6.09 Å². The van der Waals surface area contributed by atoms with Gasteiger partial charge in [0.2, 0.25) is 10.0 Å². The summed E-state index contributed by atoms with van der Waals surface area (Å²) in [4.78, 5) is 23.2. The van der Waals surface area contributed by atoms with Gasteiger partial charge in [0.15, 0.2) is 0 Å². The Kier molecular flexibility index (Phi) is 7.64. The van der Waals surface area contributed by atoms with E-state index in [1.807, 2.05) is 0 Å². The van der Waals surface area contributed by atoms with Crippen molar-refractivity contribution in [3.63, 3.8) is 0 Å². The number of hydrogen-bond donors (Lipinski definition) is 2. The van der Waals surface area contributed by atoms with E-state index in [1.165, 1.54) is 32.3 Å². The van der Waals surface area contributed by atoms with E-state index in [0.717, 1.165) is 4.31 Å². The minimum Gasteiger partial charge on any atom is -0.450 e. The lowest BCUT2D eigenvalue weighted by molar-refractivity contribution is 0.0952. The summed E-state index contributed by atoms with van der Waals surface area (Å²) in [7, 11) is -0.849. The van der Waals surface area contributed by atoms with Crippen molar-refractivity contribution in [2.75, 3.05) is 33.8 Å². The van der Waals surface area contributed by atoms with E-state index in [2.05, 4.69) is 31.3 Å². The van der Waals surface area contributed by atoms with E-state index in [9.17, 15) is 18.0 Å². The van der Waals surface area contributed by atoms with Crippen LogP contribution in [0.4, 0.5) is 4.79 Å². The van der Waals surface area contributed by atoms with Crippen LogP contribution < -0.4 is 10.6 Å². The molecule has 0 aliphatic carbocycles. The van der Waals surface area contributed by atoms with E-state index < -0.39 is 22.0 Å². The highest BCUT2D eigenvalue weighted by Gasteiger charge is 2.22. The molecule has 1 rings (SSSR count). The summed E-state index contributed by atoms with van der Waals surface area (Å²) in [6, 6.07) is 4.31. The maximum Gasteiger partial charge on any atom is 0.407 e. The molecule has 0 spiro atoms. The molecule has 10 heteroatoms. The van der Waals surface area contributed by atoms with Crippen LogP contribution >= 0.6 is 15.9 Å². The molecule has 0 saturated carbocycles. The molecule has 0 fully saturated rings. The molecule has 0 aromatic heterocycles. The zero-order valence-electron chi connectivity index (χ0n) is 13.6. The average molecular weight is 422 g/mol. The van der Waals surface area contributed by atoms with Gasteiger partial charge in [-0.1, -0.05) is 0 Å². The first kappa shape index (κ1) is 20.4. The average Bonchev–Trinajstić information content (AvgIpc) is 2.51. The third kappa shape index (κ3) is 5.46. The van der Waals surface area contributed by atoms with Crippen LogP contribution in [-0.2, 0) is 14.8 Å². The predicted molar refractivity (Wildman–Crippen MR) is 92.4 cm³/mol. The minimum atomic E-state index is -3.67. The first-order valence-electron chi connectivity index (χ1n) is 7.11. The van der Waals surface area contributed by atoms with Crippen molar-refractivity contribution in [1.82, 2.24) is 14.9 Å². The summed E-state index contributed by atoms with van der Waals surface area (Å²) < 4.78 is 30.6. The molecule has 0 aliphatic heterocycles. The van der Waals surface area contributed by atoms with Crippen LogP contribution in [0.5, 0.6) is 0 Å². The molecule has 134 valence electrons. The van der Waals surface area contributed by atoms with Gasteiger partial charge in [0, 0.05) is 37.2 Å². The maximum atomic E-state index is 12.2. The smallest absolute Gasteiger partial charge is 0.407 e. The van der Waals surface area contributed by atoms with Crippen LogP contribution in [0.1, 0.15) is 17.3 Å². The Hall–Kier alpha value is -1.65. The lowest BCUT2D eigenvalue weighted by Gasteiger charge is -2.14. The van der Waals surface area contributed by atoms with Crippen LogP contribution in [0.3, 0.4) is 0 Å². The summed E-state index contributed by atoms with van der Waals surface area (Å²) in [5.74, 6) is -0.441. The number of benzene rings is 1. The molecule has 1 aromatic carbocycles. The first-order valence-corrected chi connectivity index (χ1v) is 9.34. The maximum absolute atomic E-state index is 12.2. The number of halogens is 1. The number of nitrogens with one attached hydrogen (secondary N) is 2. The van der Waals surface area contributed by atoms with Crippen LogP contribution in [0.25, 0.3) is 0 Å². The monoisotopic (exact) mass is 421 g/mol. The number of alkyl carbamates (subject to hydrolysis) is 1. The molecule has 2 N–H and O–H groups in total. The number of carbonyl (C=O) groups excluding carboxylic acids is 2. The Morgan fingerprint density at radius 3 is 2.42 bits per heavy atom. The zero-order chi connectivity index (χ0) is 18.3. The van der Waals surface area contributed by atoms with E-state index in [4.69, 9.17) is 0 Å². The lowest BCUT2D eigenvalue weighted by Crippen LogP contribution is -2.35. The number of hydrogen-bond acceptors (Lipinski definition) is 5. The SMILES string of the molecule is CCOC(=O)NCCNC(=O)c1ccc(Br)c(S(=O)(=O)N(C)C)c1. The Balaban J connectivity index is 2.74. The van der Waals surface area contributed by atoms with Crippen LogP contribution in [0.2, 0.25) is 0 Å². The fourth-order valence-electron chi connectivity index (χ4n) is 1.66. The van der Waals surface area contributed by atoms with Crippen molar-refractivity contribution < 1.29 is 22.7 Å². The summed E-state index contributed by atoms with van der Waals surface area (Å²) in [5.41, 5.74) is 0.203. The third-order valence-corrected chi connectivity index (χ3v) is 5.72. The van der Waals surface area contributed by atoms with Gasteiger partial charge in [-0.3, -0.25) is 4.79 Å². The standard InChI is InChI=1S/C14H20BrN3O5S/c1-4-23-14(20)17-8-7-16-13(19)10-5-6-11(15)12(9-10)24(21,22)18(2)3/h5-6,9H,4,7-8H2,1-3H3,(H,16,19)(H,17,20). The molecule has 0 bridgehead atoms. The molecule has 0 aliphatic rings. The quantitative estimate of drug-likeness (QED) is 0.642. The molecule has 24 heavy (non-hydrogen) atoms. The molecule has 0 heterocycles. The Labute approximate surface area is 149 Å². The van der Waals surface area contributed by atoms with Gasteiger partial charge in [0.25, 0.3) is 5.91 Å². The molecule has 0 radical (unpaired) electrons. The predicted octanol–water partition coefficient (Wildman–Crippen LogP) is 1.18. The molecule has 0 atom stereocenters. The Morgan fingerprint density at radius 1 is 1.21 bits per heavy atom. The van der Waals surface area contributed by atoms with Crippen molar-refractivity contribution in [1.29, 1.82) is 0 Å². The minimum absolute atomic E-state index is 0.00444. The number of rotatable bonds is 7. The highest BCUT2D eigenvalue weighted by Crippen LogP contribution is 2.25. The van der Waals surface area contributed by atoms with Gasteiger partial charge in [-0.2, -0.15) is 0 Å². The topological polar surface area (TPSA) is 105 Å². The normalized spacial score (nSPS) is 11.2. The van der Waals surface area contributed by atoms with Gasteiger partial charge in [-0.25, -0.2) is 17.5 Å². The van der Waals surface area contributed by atoms with E-state index in [-0.39, 0.29) is 30.2 Å².